The van der Waals surface area contributed by atoms with Crippen molar-refractivity contribution in [3.8, 4) is 0 Å². The summed E-state index contributed by atoms with van der Waals surface area (Å²) < 4.78 is 0. The van der Waals surface area contributed by atoms with E-state index in [9.17, 15) is 0 Å². The minimum absolute atomic E-state index is 0.139. The number of hydrogen-bond donors (Lipinski definition) is 1. The smallest absolute Gasteiger partial charge is 0.0537 e. The second-order valence-electron chi connectivity index (χ2n) is 2.92. The van der Waals surface area contributed by atoms with Gasteiger partial charge in [-0.25, -0.2) is 0 Å². The summed E-state index contributed by atoms with van der Waals surface area (Å²) in [5.74, 6) is 0. The summed E-state index contributed by atoms with van der Waals surface area (Å²) in [5, 5.41) is 10.8. The van der Waals surface area contributed by atoms with Crippen LogP contribution in [0, 0.1) is 0 Å². The molecular weight excluding hydrogens is 142 g/mol. The monoisotopic (exact) mass is 161 g/mol. The second kappa shape index (κ2) is 8.69. The molecule has 0 aliphatic heterocycles. The van der Waals surface area contributed by atoms with Crippen molar-refractivity contribution in [1.29, 1.82) is 0 Å². The SMILES string of the molecule is CCC(C)=NO.C[SiH](C)C. The minimum Gasteiger partial charge on any atom is -0.411 e. The largest absolute Gasteiger partial charge is 0.411 e. The third kappa shape index (κ3) is 25.3. The van der Waals surface area contributed by atoms with Crippen LogP contribution in [-0.2, 0) is 0 Å². The van der Waals surface area contributed by atoms with Crippen LogP contribution in [0.4, 0.5) is 0 Å². The summed E-state index contributed by atoms with van der Waals surface area (Å²) in [6.07, 6.45) is 0.830. The maximum atomic E-state index is 7.92. The fraction of sp³-hybridized carbons (Fsp3) is 0.857. The highest BCUT2D eigenvalue weighted by Crippen LogP contribution is 1.78. The highest BCUT2D eigenvalue weighted by atomic mass is 28.3. The van der Waals surface area contributed by atoms with Gasteiger partial charge in [-0.2, -0.15) is 0 Å². The van der Waals surface area contributed by atoms with E-state index >= 15 is 0 Å². The molecule has 0 heterocycles. The Labute approximate surface area is 65.6 Å². The van der Waals surface area contributed by atoms with E-state index < -0.39 is 0 Å². The van der Waals surface area contributed by atoms with Gasteiger partial charge < -0.3 is 5.21 Å². The Morgan fingerprint density at radius 2 is 1.70 bits per heavy atom. The summed E-state index contributed by atoms with van der Waals surface area (Å²) in [4.78, 5) is 0. The zero-order valence-corrected chi connectivity index (χ0v) is 8.83. The van der Waals surface area contributed by atoms with Gasteiger partial charge in [0.25, 0.3) is 0 Å². The van der Waals surface area contributed by atoms with Crippen molar-refractivity contribution in [3.05, 3.63) is 0 Å². The molecule has 0 aromatic carbocycles. The molecule has 3 heteroatoms. The first-order chi connectivity index (χ1) is 4.54. The molecule has 0 saturated heterocycles. The quantitative estimate of drug-likeness (QED) is 0.272. The standard InChI is InChI=1S/C4H9NO.C3H10Si/c1-3-4(2)5-6;1-4(2)3/h6H,3H2,1-2H3;4H,1-3H3. The van der Waals surface area contributed by atoms with Gasteiger partial charge in [-0.1, -0.05) is 31.7 Å². The molecule has 0 aromatic heterocycles. The zero-order chi connectivity index (χ0) is 8.57. The molecule has 10 heavy (non-hydrogen) atoms. The second-order valence-corrected chi connectivity index (χ2v) is 6.38. The molecule has 0 saturated carbocycles. The topological polar surface area (TPSA) is 32.6 Å². The van der Waals surface area contributed by atoms with Crippen LogP contribution >= 0.6 is 0 Å². The van der Waals surface area contributed by atoms with E-state index in [-0.39, 0.29) is 8.80 Å². The lowest BCUT2D eigenvalue weighted by atomic mass is 10.3. The molecule has 0 radical (unpaired) electrons. The lowest BCUT2D eigenvalue weighted by molar-refractivity contribution is 0.317. The average Bonchev–Trinajstić information content (AvgIpc) is 1.85. The molecule has 0 aliphatic rings. The Bertz CT molecular complexity index is 88.9. The summed E-state index contributed by atoms with van der Waals surface area (Å²) in [7, 11) is -0.139. The third-order valence-electron chi connectivity index (χ3n) is 0.682. The predicted octanol–water partition coefficient (Wildman–Crippen LogP) is 2.35. The highest BCUT2D eigenvalue weighted by molar-refractivity contribution is 6.54. The van der Waals surface area contributed by atoms with Crippen molar-refractivity contribution in [1.82, 2.24) is 0 Å². The Morgan fingerprint density at radius 1 is 1.40 bits per heavy atom. The van der Waals surface area contributed by atoms with E-state index in [1.165, 1.54) is 0 Å². The number of nitrogens with zero attached hydrogens (tertiary/aromatic N) is 1. The molecule has 0 rings (SSSR count). The van der Waals surface area contributed by atoms with Gasteiger partial charge in [-0.05, 0) is 13.3 Å². The van der Waals surface area contributed by atoms with E-state index in [1.807, 2.05) is 6.92 Å². The van der Waals surface area contributed by atoms with Gasteiger partial charge in [-0.15, -0.1) is 0 Å². The highest BCUT2D eigenvalue weighted by Gasteiger charge is 1.77. The molecule has 0 atom stereocenters. The van der Waals surface area contributed by atoms with Crippen LogP contribution in [0.2, 0.25) is 19.6 Å². The van der Waals surface area contributed by atoms with Gasteiger partial charge in [0.15, 0.2) is 0 Å². The first-order valence-corrected chi connectivity index (χ1v) is 7.18. The summed E-state index contributed by atoms with van der Waals surface area (Å²) in [6, 6.07) is 0. The molecule has 2 nitrogen and oxygen atoms in total. The van der Waals surface area contributed by atoms with E-state index in [2.05, 4.69) is 24.8 Å². The predicted molar refractivity (Wildman–Crippen MR) is 49.9 cm³/mol. The molecule has 0 bridgehead atoms. The zero-order valence-electron chi connectivity index (χ0n) is 7.68. The Kier molecular flexibility index (Phi) is 10.7. The summed E-state index contributed by atoms with van der Waals surface area (Å²) >= 11 is 0. The molecule has 1 N–H and O–H groups in total. The van der Waals surface area contributed by atoms with Crippen LogP contribution < -0.4 is 0 Å². The lowest BCUT2D eigenvalue weighted by Gasteiger charge is -1.81. The number of rotatable bonds is 1. The summed E-state index contributed by atoms with van der Waals surface area (Å²) in [6.45, 7) is 10.6. The minimum atomic E-state index is -0.139. The van der Waals surface area contributed by atoms with Gasteiger partial charge in [0.2, 0.25) is 0 Å². The molecule has 0 fully saturated rings. The molecule has 62 valence electrons. The number of hydrogen-bond acceptors (Lipinski definition) is 2. The van der Waals surface area contributed by atoms with Crippen molar-refractivity contribution >= 4 is 14.5 Å². The van der Waals surface area contributed by atoms with E-state index in [1.54, 1.807) is 6.92 Å². The van der Waals surface area contributed by atoms with Crippen LogP contribution in [0.1, 0.15) is 20.3 Å². The molecule has 0 amide bonds. The first kappa shape index (κ1) is 12.4. The van der Waals surface area contributed by atoms with Crippen molar-refractivity contribution in [2.75, 3.05) is 0 Å². The molecule has 0 unspecified atom stereocenters. The van der Waals surface area contributed by atoms with Crippen molar-refractivity contribution in [2.45, 2.75) is 39.9 Å². The van der Waals surface area contributed by atoms with Crippen LogP contribution in [0.5, 0.6) is 0 Å². The summed E-state index contributed by atoms with van der Waals surface area (Å²) in [5.41, 5.74) is 0.773. The lowest BCUT2D eigenvalue weighted by Crippen LogP contribution is -1.84. The van der Waals surface area contributed by atoms with Gasteiger partial charge in [-0.3, -0.25) is 0 Å². The Hall–Kier alpha value is -0.313. The van der Waals surface area contributed by atoms with E-state index in [0.29, 0.717) is 0 Å². The van der Waals surface area contributed by atoms with Gasteiger partial charge in [0, 0.05) is 8.80 Å². The van der Waals surface area contributed by atoms with Gasteiger partial charge >= 0.3 is 0 Å². The normalized spacial score (nSPS) is 10.8. The van der Waals surface area contributed by atoms with Gasteiger partial charge in [0.1, 0.15) is 0 Å². The molecule has 0 aromatic rings. The van der Waals surface area contributed by atoms with Crippen LogP contribution in [0.25, 0.3) is 0 Å². The third-order valence-corrected chi connectivity index (χ3v) is 0.682. The van der Waals surface area contributed by atoms with Crippen molar-refractivity contribution in [3.63, 3.8) is 0 Å². The van der Waals surface area contributed by atoms with Gasteiger partial charge in [0.05, 0.1) is 5.71 Å². The fourth-order valence-corrected chi connectivity index (χ4v) is 0.0707. The molecule has 0 spiro atoms. The maximum absolute atomic E-state index is 7.92. The van der Waals surface area contributed by atoms with Crippen LogP contribution in [-0.4, -0.2) is 19.7 Å². The van der Waals surface area contributed by atoms with Crippen LogP contribution in [0.15, 0.2) is 5.16 Å². The maximum Gasteiger partial charge on any atom is 0.0537 e. The number of oxime groups is 1. The average molecular weight is 161 g/mol. The Balaban J connectivity index is 0. The van der Waals surface area contributed by atoms with Crippen molar-refractivity contribution in [2.24, 2.45) is 5.16 Å². The fourth-order valence-electron chi connectivity index (χ4n) is 0.0707. The van der Waals surface area contributed by atoms with Crippen molar-refractivity contribution < 1.29 is 5.21 Å². The molecule has 0 aliphatic carbocycles. The first-order valence-electron chi connectivity index (χ1n) is 3.72. The van der Waals surface area contributed by atoms with E-state index in [4.69, 9.17) is 5.21 Å². The van der Waals surface area contributed by atoms with E-state index in [0.717, 1.165) is 12.1 Å². The Morgan fingerprint density at radius 3 is 1.70 bits per heavy atom. The van der Waals surface area contributed by atoms with Crippen LogP contribution in [0.3, 0.4) is 0 Å². The molecular formula is C7H19NOSi.